The lowest BCUT2D eigenvalue weighted by Crippen LogP contribution is -2.13. The van der Waals surface area contributed by atoms with Crippen LogP contribution in [0.1, 0.15) is 15.9 Å². The number of hydrogen-bond donors (Lipinski definition) is 1. The maximum atomic E-state index is 13.4. The first-order valence-corrected chi connectivity index (χ1v) is 5.49. The largest absolute Gasteiger partial charge is 0.322 e. The molecule has 0 aliphatic heterocycles. The summed E-state index contributed by atoms with van der Waals surface area (Å²) in [6.07, 6.45) is 1.68. The number of rotatable bonds is 3. The lowest BCUT2D eigenvalue weighted by atomic mass is 10.1. The van der Waals surface area contributed by atoms with E-state index in [2.05, 4.69) is 11.9 Å². The number of benzene rings is 2. The summed E-state index contributed by atoms with van der Waals surface area (Å²) < 4.78 is 13.4. The number of anilines is 1. The quantitative estimate of drug-likeness (QED) is 0.871. The van der Waals surface area contributed by atoms with Crippen molar-refractivity contribution in [3.8, 4) is 0 Å². The van der Waals surface area contributed by atoms with E-state index in [0.29, 0.717) is 5.69 Å². The molecule has 0 fully saturated rings. The minimum absolute atomic E-state index is 0.0292. The second kappa shape index (κ2) is 5.27. The number of carbonyl (C=O) groups excluding carboxylic acids is 1. The second-order valence-corrected chi connectivity index (χ2v) is 3.76. The van der Waals surface area contributed by atoms with Crippen LogP contribution in [0.3, 0.4) is 0 Å². The third-order valence-corrected chi connectivity index (χ3v) is 2.50. The van der Waals surface area contributed by atoms with Crippen LogP contribution in [-0.2, 0) is 0 Å². The molecule has 0 aliphatic carbocycles. The molecular formula is C15H12FNO. The highest BCUT2D eigenvalue weighted by atomic mass is 19.1. The van der Waals surface area contributed by atoms with Crippen molar-refractivity contribution in [3.05, 3.63) is 72.1 Å². The van der Waals surface area contributed by atoms with Crippen LogP contribution in [0.4, 0.5) is 10.1 Å². The Labute approximate surface area is 105 Å². The fourth-order valence-corrected chi connectivity index (χ4v) is 1.59. The van der Waals surface area contributed by atoms with Crippen molar-refractivity contribution in [1.82, 2.24) is 0 Å². The van der Waals surface area contributed by atoms with Gasteiger partial charge in [-0.05, 0) is 29.8 Å². The van der Waals surface area contributed by atoms with E-state index in [4.69, 9.17) is 0 Å². The van der Waals surface area contributed by atoms with Crippen molar-refractivity contribution in [2.24, 2.45) is 0 Å². The number of amides is 1. The molecule has 2 rings (SSSR count). The number of hydrogen-bond acceptors (Lipinski definition) is 1. The van der Waals surface area contributed by atoms with Gasteiger partial charge in [0.25, 0.3) is 5.91 Å². The van der Waals surface area contributed by atoms with Crippen molar-refractivity contribution < 1.29 is 9.18 Å². The first kappa shape index (κ1) is 12.0. The summed E-state index contributed by atoms with van der Waals surface area (Å²) in [5.41, 5.74) is 1.53. The maximum Gasteiger partial charge on any atom is 0.258 e. The van der Waals surface area contributed by atoms with Gasteiger partial charge in [0.15, 0.2) is 0 Å². The fourth-order valence-electron chi connectivity index (χ4n) is 1.59. The minimum Gasteiger partial charge on any atom is -0.322 e. The molecule has 0 saturated heterocycles. The molecule has 0 unspecified atom stereocenters. The zero-order valence-corrected chi connectivity index (χ0v) is 9.69. The normalized spacial score (nSPS) is 9.83. The molecule has 0 bridgehead atoms. The molecule has 0 aromatic heterocycles. The average molecular weight is 241 g/mol. The van der Waals surface area contributed by atoms with Crippen molar-refractivity contribution in [3.63, 3.8) is 0 Å². The van der Waals surface area contributed by atoms with E-state index >= 15 is 0 Å². The van der Waals surface area contributed by atoms with Gasteiger partial charge in [0.05, 0.1) is 5.56 Å². The molecule has 3 heteroatoms. The molecule has 1 amide bonds. The summed E-state index contributed by atoms with van der Waals surface area (Å²) in [4.78, 5) is 11.9. The smallest absolute Gasteiger partial charge is 0.258 e. The summed E-state index contributed by atoms with van der Waals surface area (Å²) in [7, 11) is 0. The van der Waals surface area contributed by atoms with Crippen LogP contribution in [0.25, 0.3) is 6.08 Å². The highest BCUT2D eigenvalue weighted by Crippen LogP contribution is 2.14. The summed E-state index contributed by atoms with van der Waals surface area (Å²) in [5, 5.41) is 2.65. The molecule has 2 aromatic rings. The molecule has 0 heterocycles. The van der Waals surface area contributed by atoms with Crippen LogP contribution in [0, 0.1) is 5.82 Å². The molecule has 0 spiro atoms. The summed E-state index contributed by atoms with van der Waals surface area (Å²) >= 11 is 0. The molecule has 0 radical (unpaired) electrons. The zero-order valence-electron chi connectivity index (χ0n) is 9.69. The van der Waals surface area contributed by atoms with E-state index in [9.17, 15) is 9.18 Å². The van der Waals surface area contributed by atoms with Gasteiger partial charge in [-0.2, -0.15) is 0 Å². The Hall–Kier alpha value is -2.42. The predicted octanol–water partition coefficient (Wildman–Crippen LogP) is 3.72. The summed E-state index contributed by atoms with van der Waals surface area (Å²) in [6, 6.07) is 13.1. The first-order chi connectivity index (χ1) is 8.70. The Morgan fingerprint density at radius 2 is 1.94 bits per heavy atom. The fraction of sp³-hybridized carbons (Fsp3) is 0. The summed E-state index contributed by atoms with van der Waals surface area (Å²) in [6.45, 7) is 3.65. The molecule has 2 nitrogen and oxygen atoms in total. The van der Waals surface area contributed by atoms with Crippen molar-refractivity contribution in [1.29, 1.82) is 0 Å². The molecular weight excluding hydrogens is 229 g/mol. The number of halogens is 1. The zero-order chi connectivity index (χ0) is 13.0. The molecule has 0 atom stereocenters. The number of nitrogens with one attached hydrogen (secondary N) is 1. The van der Waals surface area contributed by atoms with Crippen LogP contribution in [-0.4, -0.2) is 5.91 Å². The third kappa shape index (κ3) is 2.63. The minimum atomic E-state index is -0.533. The van der Waals surface area contributed by atoms with E-state index in [0.717, 1.165) is 5.56 Å². The molecule has 2 aromatic carbocycles. The van der Waals surface area contributed by atoms with E-state index in [-0.39, 0.29) is 5.56 Å². The number of carbonyl (C=O) groups is 1. The Morgan fingerprint density at radius 1 is 1.17 bits per heavy atom. The van der Waals surface area contributed by atoms with Crippen LogP contribution >= 0.6 is 0 Å². The topological polar surface area (TPSA) is 29.1 Å². The predicted molar refractivity (Wildman–Crippen MR) is 70.9 cm³/mol. The molecule has 0 aliphatic rings. The van der Waals surface area contributed by atoms with Crippen molar-refractivity contribution in [2.75, 3.05) is 5.32 Å². The van der Waals surface area contributed by atoms with Gasteiger partial charge in [0, 0.05) is 5.69 Å². The SMILES string of the molecule is C=Cc1cccc(NC(=O)c2ccccc2F)c1. The lowest BCUT2D eigenvalue weighted by molar-refractivity contribution is 0.102. The monoisotopic (exact) mass is 241 g/mol. The van der Waals surface area contributed by atoms with Gasteiger partial charge in [0.1, 0.15) is 5.82 Å². The van der Waals surface area contributed by atoms with E-state index < -0.39 is 11.7 Å². The van der Waals surface area contributed by atoms with Gasteiger partial charge in [-0.25, -0.2) is 4.39 Å². The van der Waals surface area contributed by atoms with Gasteiger partial charge in [0.2, 0.25) is 0 Å². The Morgan fingerprint density at radius 3 is 2.67 bits per heavy atom. The van der Waals surface area contributed by atoms with Gasteiger partial charge < -0.3 is 5.32 Å². The molecule has 0 saturated carbocycles. The van der Waals surface area contributed by atoms with Crippen LogP contribution < -0.4 is 5.32 Å². The van der Waals surface area contributed by atoms with Crippen molar-refractivity contribution in [2.45, 2.75) is 0 Å². The second-order valence-electron chi connectivity index (χ2n) is 3.76. The van der Waals surface area contributed by atoms with E-state index in [1.54, 1.807) is 36.4 Å². The van der Waals surface area contributed by atoms with Crippen LogP contribution in [0.2, 0.25) is 0 Å². The van der Waals surface area contributed by atoms with Gasteiger partial charge >= 0.3 is 0 Å². The molecule has 90 valence electrons. The van der Waals surface area contributed by atoms with E-state index in [1.807, 2.05) is 6.07 Å². The highest BCUT2D eigenvalue weighted by molar-refractivity contribution is 6.04. The van der Waals surface area contributed by atoms with Gasteiger partial charge in [-0.3, -0.25) is 4.79 Å². The Kier molecular flexibility index (Phi) is 3.53. The average Bonchev–Trinajstić information content (AvgIpc) is 2.39. The van der Waals surface area contributed by atoms with Crippen LogP contribution in [0.15, 0.2) is 55.1 Å². The van der Waals surface area contributed by atoms with Crippen molar-refractivity contribution >= 4 is 17.7 Å². The summed E-state index contributed by atoms with van der Waals surface area (Å²) in [5.74, 6) is -0.996. The Bertz CT molecular complexity index is 593. The van der Waals surface area contributed by atoms with E-state index in [1.165, 1.54) is 12.1 Å². The molecule has 18 heavy (non-hydrogen) atoms. The molecule has 1 N–H and O–H groups in total. The third-order valence-electron chi connectivity index (χ3n) is 2.50. The van der Waals surface area contributed by atoms with Gasteiger partial charge in [-0.1, -0.05) is 36.9 Å². The van der Waals surface area contributed by atoms with Gasteiger partial charge in [-0.15, -0.1) is 0 Å². The first-order valence-electron chi connectivity index (χ1n) is 5.49. The maximum absolute atomic E-state index is 13.4. The standard InChI is InChI=1S/C15H12FNO/c1-2-11-6-5-7-12(10-11)17-15(18)13-8-3-4-9-14(13)16/h2-10H,1H2,(H,17,18). The van der Waals surface area contributed by atoms with Crippen LogP contribution in [0.5, 0.6) is 0 Å². The Balaban J connectivity index is 2.21. The lowest BCUT2D eigenvalue weighted by Gasteiger charge is -2.06. The highest BCUT2D eigenvalue weighted by Gasteiger charge is 2.10.